The molecular formula is C20H22N4O6. The molecule has 0 spiro atoms. The zero-order valence-electron chi connectivity index (χ0n) is 16.3. The fraction of sp³-hybridized carbons (Fsp3) is 0.300. The van der Waals surface area contributed by atoms with Crippen LogP contribution in [0.1, 0.15) is 18.5 Å². The first kappa shape index (κ1) is 21.1. The van der Waals surface area contributed by atoms with Crippen molar-refractivity contribution in [2.24, 2.45) is 0 Å². The predicted octanol–water partition coefficient (Wildman–Crippen LogP) is 1.04. The van der Waals surface area contributed by atoms with Crippen LogP contribution in [-0.2, 0) is 19.2 Å². The number of carbonyl (C=O) groups is 4. The van der Waals surface area contributed by atoms with Gasteiger partial charge >= 0.3 is 11.9 Å². The molecule has 3 rings (SSSR count). The smallest absolute Gasteiger partial charge is 0.328 e. The number of carbonyl (C=O) groups excluding carboxylic acids is 2. The van der Waals surface area contributed by atoms with Crippen LogP contribution in [0.25, 0.3) is 10.9 Å². The molecule has 2 aromatic rings. The Hall–Kier alpha value is -3.66. The molecule has 30 heavy (non-hydrogen) atoms. The Bertz CT molecular complexity index is 1020. The van der Waals surface area contributed by atoms with E-state index in [9.17, 15) is 24.3 Å². The lowest BCUT2D eigenvalue weighted by Crippen LogP contribution is -2.50. The summed E-state index contributed by atoms with van der Waals surface area (Å²) in [7, 11) is 0. The maximum Gasteiger partial charge on any atom is 0.328 e. The fourth-order valence-corrected chi connectivity index (χ4v) is 3.56. The average Bonchev–Trinajstić information content (AvgIpc) is 3.09. The zero-order chi connectivity index (χ0) is 21.8. The first-order chi connectivity index (χ1) is 14.3. The van der Waals surface area contributed by atoms with Crippen LogP contribution in [0.3, 0.4) is 0 Å². The van der Waals surface area contributed by atoms with Gasteiger partial charge in [0.15, 0.2) is 0 Å². The first-order valence-electron chi connectivity index (χ1n) is 9.31. The molecule has 1 saturated heterocycles. The lowest BCUT2D eigenvalue weighted by molar-refractivity contribution is -0.145. The number of aromatic amines is 1. The summed E-state index contributed by atoms with van der Waals surface area (Å²) in [6.07, 6.45) is 3.27. The van der Waals surface area contributed by atoms with Gasteiger partial charge in [0.25, 0.3) is 0 Å². The van der Waals surface area contributed by atoms with Crippen LogP contribution < -0.4 is 5.32 Å². The lowest BCUT2D eigenvalue weighted by atomic mass is 10.0. The van der Waals surface area contributed by atoms with Crippen molar-refractivity contribution in [1.82, 2.24) is 14.8 Å². The lowest BCUT2D eigenvalue weighted by Gasteiger charge is -2.37. The maximum atomic E-state index is 12.1. The Morgan fingerprint density at radius 2 is 1.80 bits per heavy atom. The van der Waals surface area contributed by atoms with Gasteiger partial charge in [0.2, 0.25) is 11.8 Å². The van der Waals surface area contributed by atoms with Crippen LogP contribution in [-0.4, -0.2) is 74.9 Å². The molecule has 10 heteroatoms. The number of aliphatic carboxylic acids is 2. The Labute approximate surface area is 171 Å². The highest BCUT2D eigenvalue weighted by Crippen LogP contribution is 2.31. The van der Waals surface area contributed by atoms with Gasteiger partial charge in [0.05, 0.1) is 0 Å². The molecule has 0 radical (unpaired) electrons. The molecule has 158 valence electrons. The van der Waals surface area contributed by atoms with Crippen LogP contribution >= 0.6 is 0 Å². The van der Waals surface area contributed by atoms with Crippen molar-refractivity contribution in [3.05, 3.63) is 42.1 Å². The van der Waals surface area contributed by atoms with Crippen molar-refractivity contribution in [3.63, 3.8) is 0 Å². The van der Waals surface area contributed by atoms with Crippen molar-refractivity contribution >= 4 is 40.3 Å². The monoisotopic (exact) mass is 414 g/mol. The number of piperazine rings is 1. The van der Waals surface area contributed by atoms with E-state index < -0.39 is 23.9 Å². The molecule has 1 aliphatic rings. The Morgan fingerprint density at radius 1 is 1.10 bits per heavy atom. The normalized spacial score (nSPS) is 16.0. The van der Waals surface area contributed by atoms with Gasteiger partial charge in [0.1, 0.15) is 6.04 Å². The quantitative estimate of drug-likeness (QED) is 0.517. The number of anilines is 1. The summed E-state index contributed by atoms with van der Waals surface area (Å²) < 4.78 is 0. The SMILES string of the molecule is CC(=O)N1CCN([C@@H](C(=O)O)c2c[nH]c3ccc(NC(=O)/C=C/C(=O)O)cc23)CC1. The van der Waals surface area contributed by atoms with Crippen molar-refractivity contribution in [3.8, 4) is 0 Å². The molecule has 1 aromatic heterocycles. The van der Waals surface area contributed by atoms with Gasteiger partial charge in [-0.15, -0.1) is 0 Å². The summed E-state index contributed by atoms with van der Waals surface area (Å²) in [6, 6.07) is 4.08. The summed E-state index contributed by atoms with van der Waals surface area (Å²) in [5.74, 6) is -2.89. The third-order valence-corrected chi connectivity index (χ3v) is 5.01. The summed E-state index contributed by atoms with van der Waals surface area (Å²) in [4.78, 5) is 52.6. The van der Waals surface area contributed by atoms with Crippen molar-refractivity contribution in [2.45, 2.75) is 13.0 Å². The minimum Gasteiger partial charge on any atom is -0.480 e. The van der Waals surface area contributed by atoms with Gasteiger partial charge in [-0.05, 0) is 18.2 Å². The number of nitrogens with one attached hydrogen (secondary N) is 2. The Kier molecular flexibility index (Phi) is 6.17. The highest BCUT2D eigenvalue weighted by Gasteiger charge is 2.32. The number of H-pyrrole nitrogens is 1. The number of carboxylic acids is 2. The van der Waals surface area contributed by atoms with E-state index >= 15 is 0 Å². The molecule has 2 heterocycles. The largest absolute Gasteiger partial charge is 0.480 e. The zero-order valence-corrected chi connectivity index (χ0v) is 16.3. The number of nitrogens with zero attached hydrogens (tertiary/aromatic N) is 2. The van der Waals surface area contributed by atoms with E-state index in [-0.39, 0.29) is 5.91 Å². The third-order valence-electron chi connectivity index (χ3n) is 5.01. The Balaban J connectivity index is 1.86. The number of carboxylic acid groups (broad SMARTS) is 2. The van der Waals surface area contributed by atoms with Crippen molar-refractivity contribution in [2.75, 3.05) is 31.5 Å². The summed E-state index contributed by atoms with van der Waals surface area (Å²) in [5, 5.41) is 21.7. The molecule has 0 aliphatic carbocycles. The van der Waals surface area contributed by atoms with Gasteiger partial charge < -0.3 is 25.4 Å². The molecule has 1 aliphatic heterocycles. The molecule has 0 bridgehead atoms. The molecule has 0 unspecified atom stereocenters. The van der Waals surface area contributed by atoms with E-state index in [1.807, 2.05) is 4.90 Å². The molecule has 4 N–H and O–H groups in total. The number of amides is 2. The second-order valence-electron chi connectivity index (χ2n) is 6.95. The van der Waals surface area contributed by atoms with E-state index in [4.69, 9.17) is 5.11 Å². The van der Waals surface area contributed by atoms with Crippen LogP contribution in [0.15, 0.2) is 36.5 Å². The minimum absolute atomic E-state index is 0.0362. The van der Waals surface area contributed by atoms with E-state index in [0.717, 1.165) is 12.2 Å². The van der Waals surface area contributed by atoms with Gasteiger partial charge in [0, 0.05) is 73.6 Å². The van der Waals surface area contributed by atoms with E-state index in [2.05, 4.69) is 10.3 Å². The fourth-order valence-electron chi connectivity index (χ4n) is 3.56. The maximum absolute atomic E-state index is 12.1. The number of hydrogen-bond acceptors (Lipinski definition) is 5. The number of benzene rings is 1. The van der Waals surface area contributed by atoms with Gasteiger partial charge in [-0.25, -0.2) is 4.79 Å². The summed E-state index contributed by atoms with van der Waals surface area (Å²) in [6.45, 7) is 3.27. The molecular weight excluding hydrogens is 392 g/mol. The molecule has 1 atom stereocenters. The number of hydrogen-bond donors (Lipinski definition) is 4. The highest BCUT2D eigenvalue weighted by molar-refractivity contribution is 6.03. The topological polar surface area (TPSA) is 143 Å². The molecule has 10 nitrogen and oxygen atoms in total. The number of aromatic nitrogens is 1. The highest BCUT2D eigenvalue weighted by atomic mass is 16.4. The van der Waals surface area contributed by atoms with Crippen LogP contribution in [0.2, 0.25) is 0 Å². The van der Waals surface area contributed by atoms with E-state index in [1.165, 1.54) is 6.92 Å². The summed E-state index contributed by atoms with van der Waals surface area (Å²) >= 11 is 0. The van der Waals surface area contributed by atoms with Crippen LogP contribution in [0.5, 0.6) is 0 Å². The van der Waals surface area contributed by atoms with Gasteiger partial charge in [-0.2, -0.15) is 0 Å². The second kappa shape index (κ2) is 8.78. The van der Waals surface area contributed by atoms with Gasteiger partial charge in [-0.3, -0.25) is 19.3 Å². The minimum atomic E-state index is -1.23. The molecule has 1 fully saturated rings. The van der Waals surface area contributed by atoms with Crippen molar-refractivity contribution < 1.29 is 29.4 Å². The molecule has 2 amide bonds. The number of rotatable bonds is 6. The van der Waals surface area contributed by atoms with Crippen LogP contribution in [0.4, 0.5) is 5.69 Å². The van der Waals surface area contributed by atoms with Crippen molar-refractivity contribution in [1.29, 1.82) is 0 Å². The first-order valence-corrected chi connectivity index (χ1v) is 9.31. The third kappa shape index (κ3) is 4.66. The standard InChI is InChI=1S/C20H22N4O6/c1-12(25)23-6-8-24(9-7-23)19(20(29)30)15-11-21-16-3-2-13(10-14(15)16)22-17(26)4-5-18(27)28/h2-5,10-11,19,21H,6-9H2,1H3,(H,22,26)(H,27,28)(H,29,30)/b5-4+/t19-/m1/s1. The second-order valence-corrected chi connectivity index (χ2v) is 6.95. The number of fused-ring (bicyclic) bond motifs is 1. The van der Waals surface area contributed by atoms with E-state index in [0.29, 0.717) is 48.3 Å². The summed E-state index contributed by atoms with van der Waals surface area (Å²) in [5.41, 5.74) is 1.66. The average molecular weight is 414 g/mol. The van der Waals surface area contributed by atoms with E-state index in [1.54, 1.807) is 29.3 Å². The predicted molar refractivity (Wildman–Crippen MR) is 108 cm³/mol. The molecule has 1 aromatic carbocycles. The molecule has 0 saturated carbocycles. The Morgan fingerprint density at radius 3 is 2.40 bits per heavy atom. The van der Waals surface area contributed by atoms with Crippen LogP contribution in [0, 0.1) is 0 Å². The van der Waals surface area contributed by atoms with Gasteiger partial charge in [-0.1, -0.05) is 0 Å².